The van der Waals surface area contributed by atoms with E-state index in [4.69, 9.17) is 4.42 Å². The van der Waals surface area contributed by atoms with Crippen molar-refractivity contribution < 1.29 is 17.6 Å². The molecule has 0 bridgehead atoms. The zero-order valence-electron chi connectivity index (χ0n) is 17.1. The fraction of sp³-hybridized carbons (Fsp3) is 0.364. The number of carbonyl (C=O) groups is 1. The smallest absolute Gasteiger partial charge is 0.274 e. The van der Waals surface area contributed by atoms with Crippen LogP contribution in [0.5, 0.6) is 0 Å². The van der Waals surface area contributed by atoms with E-state index < -0.39 is 9.84 Å². The summed E-state index contributed by atoms with van der Waals surface area (Å²) in [7, 11) is -3.09. The molecule has 1 amide bonds. The molecule has 2 fully saturated rings. The van der Waals surface area contributed by atoms with Gasteiger partial charge in [-0.2, -0.15) is 5.10 Å². The van der Waals surface area contributed by atoms with Gasteiger partial charge in [0.05, 0.1) is 23.8 Å². The molecular formula is C22H24N4O4S. The zero-order chi connectivity index (χ0) is 21.4. The van der Waals surface area contributed by atoms with Crippen LogP contribution in [0, 0.1) is 0 Å². The molecule has 5 rings (SSSR count). The summed E-state index contributed by atoms with van der Waals surface area (Å²) >= 11 is 0. The van der Waals surface area contributed by atoms with Gasteiger partial charge in [-0.05, 0) is 30.7 Å². The summed E-state index contributed by atoms with van der Waals surface area (Å²) in [5.41, 5.74) is 2.11. The van der Waals surface area contributed by atoms with Crippen molar-refractivity contribution in [2.45, 2.75) is 12.5 Å². The van der Waals surface area contributed by atoms with Crippen molar-refractivity contribution in [3.05, 3.63) is 60.5 Å². The van der Waals surface area contributed by atoms with Crippen molar-refractivity contribution in [2.24, 2.45) is 0 Å². The lowest BCUT2D eigenvalue weighted by Crippen LogP contribution is -2.48. The Labute approximate surface area is 181 Å². The first-order chi connectivity index (χ1) is 15.0. The van der Waals surface area contributed by atoms with Gasteiger partial charge in [0.25, 0.3) is 5.91 Å². The average Bonchev–Trinajstić information content (AvgIpc) is 3.53. The van der Waals surface area contributed by atoms with Crippen molar-refractivity contribution in [1.82, 2.24) is 14.7 Å². The number of para-hydroxylation sites is 1. The maximum Gasteiger partial charge on any atom is 0.274 e. The molecule has 1 unspecified atom stereocenters. The summed E-state index contributed by atoms with van der Waals surface area (Å²) in [6.45, 7) is 2.72. The molecule has 8 nitrogen and oxygen atoms in total. The van der Waals surface area contributed by atoms with Gasteiger partial charge in [0.2, 0.25) is 0 Å². The van der Waals surface area contributed by atoms with E-state index in [9.17, 15) is 13.2 Å². The topological polar surface area (TPSA) is 88.6 Å². The van der Waals surface area contributed by atoms with Gasteiger partial charge < -0.3 is 14.2 Å². The Balaban J connectivity index is 1.37. The molecule has 1 atom stereocenters. The number of piperazine rings is 1. The standard InChI is InChI=1S/C22H24N4O4S/c27-22(25-11-9-24(10-12-25)17-5-2-1-3-6-17)19-15-20(21-7-4-13-30-21)26(23-19)18-8-14-31(28,29)16-18/h1-7,13,15,18H,8-12,14,16H2. The third-order valence-electron chi connectivity index (χ3n) is 5.97. The molecule has 0 spiro atoms. The van der Waals surface area contributed by atoms with E-state index in [1.807, 2.05) is 23.1 Å². The number of benzene rings is 1. The number of nitrogens with zero attached hydrogens (tertiary/aromatic N) is 4. The summed E-state index contributed by atoms with van der Waals surface area (Å²) in [5.74, 6) is 0.607. The van der Waals surface area contributed by atoms with Crippen molar-refractivity contribution in [2.75, 3.05) is 42.6 Å². The first kappa shape index (κ1) is 19.9. The Morgan fingerprint density at radius 1 is 1.03 bits per heavy atom. The van der Waals surface area contributed by atoms with Crippen LogP contribution in [0.15, 0.2) is 59.2 Å². The summed E-state index contributed by atoms with van der Waals surface area (Å²) in [6, 6.07) is 15.2. The van der Waals surface area contributed by atoms with Gasteiger partial charge in [-0.1, -0.05) is 18.2 Å². The number of hydrogen-bond donors (Lipinski definition) is 0. The molecule has 162 valence electrons. The fourth-order valence-corrected chi connectivity index (χ4v) is 6.01. The van der Waals surface area contributed by atoms with Crippen LogP contribution in [0.4, 0.5) is 5.69 Å². The van der Waals surface area contributed by atoms with Crippen LogP contribution in [-0.2, 0) is 9.84 Å². The number of aromatic nitrogens is 2. The van der Waals surface area contributed by atoms with Crippen molar-refractivity contribution >= 4 is 21.4 Å². The van der Waals surface area contributed by atoms with E-state index >= 15 is 0 Å². The van der Waals surface area contributed by atoms with E-state index in [-0.39, 0.29) is 23.5 Å². The first-order valence-electron chi connectivity index (χ1n) is 10.4. The molecule has 2 saturated heterocycles. The highest BCUT2D eigenvalue weighted by molar-refractivity contribution is 7.91. The van der Waals surface area contributed by atoms with Crippen LogP contribution in [0.3, 0.4) is 0 Å². The van der Waals surface area contributed by atoms with Gasteiger partial charge in [0.15, 0.2) is 21.3 Å². The lowest BCUT2D eigenvalue weighted by atomic mass is 10.2. The minimum Gasteiger partial charge on any atom is -0.463 e. The van der Waals surface area contributed by atoms with Crippen LogP contribution in [0.25, 0.3) is 11.5 Å². The third-order valence-corrected chi connectivity index (χ3v) is 7.72. The van der Waals surface area contributed by atoms with E-state index in [0.29, 0.717) is 36.7 Å². The normalized spacial score (nSPS) is 20.8. The molecule has 1 aromatic carbocycles. The molecule has 3 aromatic rings. The molecule has 2 aliphatic rings. The fourth-order valence-electron chi connectivity index (χ4n) is 4.32. The van der Waals surface area contributed by atoms with Gasteiger partial charge in [0, 0.05) is 37.9 Å². The SMILES string of the molecule is O=C(c1cc(-c2ccco2)n(C2CCS(=O)(=O)C2)n1)N1CCN(c2ccccc2)CC1. The lowest BCUT2D eigenvalue weighted by Gasteiger charge is -2.35. The largest absolute Gasteiger partial charge is 0.463 e. The zero-order valence-corrected chi connectivity index (χ0v) is 17.9. The molecule has 4 heterocycles. The summed E-state index contributed by atoms with van der Waals surface area (Å²) in [4.78, 5) is 17.3. The Hall–Kier alpha value is -3.07. The van der Waals surface area contributed by atoms with E-state index in [0.717, 1.165) is 18.8 Å². The molecule has 9 heteroatoms. The number of carbonyl (C=O) groups excluding carboxylic acids is 1. The minimum absolute atomic E-state index is 0.0335. The second-order valence-corrected chi connectivity index (χ2v) is 10.2. The minimum atomic E-state index is -3.09. The maximum absolute atomic E-state index is 13.2. The molecule has 0 radical (unpaired) electrons. The van der Waals surface area contributed by atoms with Gasteiger partial charge in [0.1, 0.15) is 5.69 Å². The Kier molecular flexibility index (Phi) is 5.05. The van der Waals surface area contributed by atoms with Crippen LogP contribution < -0.4 is 4.90 Å². The summed E-state index contributed by atoms with van der Waals surface area (Å²) in [6.07, 6.45) is 2.05. The predicted molar refractivity (Wildman–Crippen MR) is 117 cm³/mol. The number of furan rings is 1. The van der Waals surface area contributed by atoms with Gasteiger partial charge in [-0.25, -0.2) is 8.42 Å². The highest BCUT2D eigenvalue weighted by Crippen LogP contribution is 2.30. The summed E-state index contributed by atoms with van der Waals surface area (Å²) in [5, 5.41) is 4.55. The molecule has 0 aliphatic carbocycles. The quantitative estimate of drug-likeness (QED) is 0.619. The Morgan fingerprint density at radius 2 is 1.81 bits per heavy atom. The molecule has 31 heavy (non-hydrogen) atoms. The molecule has 0 N–H and O–H groups in total. The third kappa shape index (κ3) is 3.97. The van der Waals surface area contributed by atoms with E-state index in [2.05, 4.69) is 22.1 Å². The highest BCUT2D eigenvalue weighted by Gasteiger charge is 2.33. The number of amides is 1. The van der Waals surface area contributed by atoms with Crippen molar-refractivity contribution in [3.8, 4) is 11.5 Å². The molecular weight excluding hydrogens is 416 g/mol. The van der Waals surface area contributed by atoms with Crippen LogP contribution in [0.2, 0.25) is 0 Å². The van der Waals surface area contributed by atoms with Crippen molar-refractivity contribution in [1.29, 1.82) is 0 Å². The molecule has 0 saturated carbocycles. The number of rotatable bonds is 4. The first-order valence-corrected chi connectivity index (χ1v) is 12.3. The number of hydrogen-bond acceptors (Lipinski definition) is 6. The van der Waals surface area contributed by atoms with Crippen LogP contribution in [-0.4, -0.2) is 66.7 Å². The van der Waals surface area contributed by atoms with Gasteiger partial charge in [-0.15, -0.1) is 0 Å². The number of sulfone groups is 1. The highest BCUT2D eigenvalue weighted by atomic mass is 32.2. The molecule has 2 aromatic heterocycles. The van der Waals surface area contributed by atoms with Gasteiger partial charge in [-0.3, -0.25) is 9.48 Å². The number of anilines is 1. The average molecular weight is 441 g/mol. The Morgan fingerprint density at radius 3 is 2.45 bits per heavy atom. The second kappa shape index (κ2) is 7.88. The van der Waals surface area contributed by atoms with Gasteiger partial charge >= 0.3 is 0 Å². The monoisotopic (exact) mass is 440 g/mol. The lowest BCUT2D eigenvalue weighted by molar-refractivity contribution is 0.0739. The second-order valence-electron chi connectivity index (χ2n) is 8.01. The van der Waals surface area contributed by atoms with E-state index in [1.165, 1.54) is 0 Å². The van der Waals surface area contributed by atoms with Crippen molar-refractivity contribution in [3.63, 3.8) is 0 Å². The van der Waals surface area contributed by atoms with E-state index in [1.54, 1.807) is 29.1 Å². The maximum atomic E-state index is 13.2. The Bertz CT molecular complexity index is 1160. The van der Waals surface area contributed by atoms with Crippen LogP contribution >= 0.6 is 0 Å². The van der Waals surface area contributed by atoms with Crippen LogP contribution in [0.1, 0.15) is 23.0 Å². The summed E-state index contributed by atoms with van der Waals surface area (Å²) < 4.78 is 31.2. The molecule has 2 aliphatic heterocycles. The predicted octanol–water partition coefficient (Wildman–Crippen LogP) is 2.47.